The summed E-state index contributed by atoms with van der Waals surface area (Å²) in [5.74, 6) is 0.966. The predicted octanol–water partition coefficient (Wildman–Crippen LogP) is 2.30. The molecule has 17 heavy (non-hydrogen) atoms. The van der Waals surface area contributed by atoms with Crippen LogP contribution in [-0.2, 0) is 12.8 Å². The topological polar surface area (TPSA) is 45.0 Å². The van der Waals surface area contributed by atoms with Crippen LogP contribution < -0.4 is 10.1 Å². The van der Waals surface area contributed by atoms with Gasteiger partial charge in [0.2, 0.25) is 0 Å². The average molecular weight is 232 g/mol. The highest BCUT2D eigenvalue weighted by Crippen LogP contribution is 2.20. The minimum atomic E-state index is 0.572. The van der Waals surface area contributed by atoms with Crippen molar-refractivity contribution in [2.45, 2.75) is 26.2 Å². The maximum atomic E-state index is 8.40. The quantitative estimate of drug-likeness (QED) is 0.734. The fourth-order valence-electron chi connectivity index (χ4n) is 1.77. The van der Waals surface area contributed by atoms with E-state index in [1.807, 2.05) is 6.07 Å². The maximum Gasteiger partial charge on any atom is 0.122 e. The van der Waals surface area contributed by atoms with Crippen molar-refractivity contribution in [3.63, 3.8) is 0 Å². The van der Waals surface area contributed by atoms with E-state index in [-0.39, 0.29) is 0 Å². The summed E-state index contributed by atoms with van der Waals surface area (Å²) in [5.41, 5.74) is 2.56. The average Bonchev–Trinajstić information content (AvgIpc) is 2.38. The van der Waals surface area contributed by atoms with Gasteiger partial charge in [0.15, 0.2) is 0 Å². The Morgan fingerprint density at radius 3 is 2.82 bits per heavy atom. The van der Waals surface area contributed by atoms with E-state index in [1.165, 1.54) is 11.1 Å². The third-order valence-electron chi connectivity index (χ3n) is 2.73. The van der Waals surface area contributed by atoms with Gasteiger partial charge in [0.25, 0.3) is 0 Å². The van der Waals surface area contributed by atoms with Crippen LogP contribution >= 0.6 is 0 Å². The lowest BCUT2D eigenvalue weighted by Crippen LogP contribution is -2.18. The van der Waals surface area contributed by atoms with Crippen molar-refractivity contribution in [2.24, 2.45) is 0 Å². The lowest BCUT2D eigenvalue weighted by atomic mass is 10.1. The molecule has 0 unspecified atom stereocenters. The summed E-state index contributed by atoms with van der Waals surface area (Å²) in [5, 5.41) is 11.7. The van der Waals surface area contributed by atoms with E-state index in [1.54, 1.807) is 7.11 Å². The molecule has 0 amide bonds. The molecule has 0 heterocycles. The Kier molecular flexibility index (Phi) is 6.13. The van der Waals surface area contributed by atoms with Gasteiger partial charge in [0.1, 0.15) is 5.75 Å². The molecule has 0 radical (unpaired) electrons. The smallest absolute Gasteiger partial charge is 0.122 e. The van der Waals surface area contributed by atoms with Gasteiger partial charge < -0.3 is 10.1 Å². The Morgan fingerprint density at radius 1 is 1.35 bits per heavy atom. The van der Waals surface area contributed by atoms with Gasteiger partial charge in [0, 0.05) is 13.0 Å². The van der Waals surface area contributed by atoms with Gasteiger partial charge in [-0.25, -0.2) is 0 Å². The van der Waals surface area contributed by atoms with Crippen LogP contribution in [-0.4, -0.2) is 20.2 Å². The van der Waals surface area contributed by atoms with Gasteiger partial charge in [-0.3, -0.25) is 0 Å². The van der Waals surface area contributed by atoms with E-state index in [2.05, 4.69) is 30.4 Å². The first-order valence-electron chi connectivity index (χ1n) is 6.05. The second-order valence-electron chi connectivity index (χ2n) is 3.91. The van der Waals surface area contributed by atoms with E-state index >= 15 is 0 Å². The highest BCUT2D eigenvalue weighted by molar-refractivity contribution is 5.37. The summed E-state index contributed by atoms with van der Waals surface area (Å²) < 4.78 is 5.30. The van der Waals surface area contributed by atoms with Gasteiger partial charge >= 0.3 is 0 Å². The summed E-state index contributed by atoms with van der Waals surface area (Å²) in [6.45, 7) is 3.82. The van der Waals surface area contributed by atoms with Crippen molar-refractivity contribution in [2.75, 3.05) is 20.2 Å². The van der Waals surface area contributed by atoms with Crippen LogP contribution in [0.4, 0.5) is 0 Å². The van der Waals surface area contributed by atoms with Gasteiger partial charge in [-0.1, -0.05) is 19.1 Å². The number of aryl methyl sites for hydroxylation is 1. The zero-order chi connectivity index (χ0) is 12.5. The molecule has 1 aromatic rings. The molecule has 0 aliphatic heterocycles. The van der Waals surface area contributed by atoms with Crippen molar-refractivity contribution in [1.82, 2.24) is 5.32 Å². The third kappa shape index (κ3) is 4.46. The molecule has 0 aliphatic carbocycles. The van der Waals surface area contributed by atoms with E-state index < -0.39 is 0 Å². The monoisotopic (exact) mass is 232 g/mol. The van der Waals surface area contributed by atoms with Crippen LogP contribution in [0.5, 0.6) is 5.75 Å². The van der Waals surface area contributed by atoms with Gasteiger partial charge in [-0.05, 0) is 36.6 Å². The number of hydrogen-bond donors (Lipinski definition) is 1. The minimum absolute atomic E-state index is 0.572. The number of nitriles is 1. The van der Waals surface area contributed by atoms with Gasteiger partial charge in [-0.15, -0.1) is 0 Å². The molecule has 0 saturated carbocycles. The fourth-order valence-corrected chi connectivity index (χ4v) is 1.77. The molecule has 1 rings (SSSR count). The Balaban J connectivity index is 2.46. The van der Waals surface area contributed by atoms with Crippen LogP contribution in [0.15, 0.2) is 18.2 Å². The Hall–Kier alpha value is -1.53. The predicted molar refractivity (Wildman–Crippen MR) is 69.2 cm³/mol. The zero-order valence-corrected chi connectivity index (χ0v) is 10.6. The first-order valence-corrected chi connectivity index (χ1v) is 6.05. The number of nitrogens with one attached hydrogen (secondary N) is 1. The number of rotatable bonds is 7. The van der Waals surface area contributed by atoms with Crippen molar-refractivity contribution in [3.8, 4) is 11.8 Å². The first kappa shape index (κ1) is 13.5. The summed E-state index contributed by atoms with van der Waals surface area (Å²) >= 11 is 0. The molecular weight excluding hydrogens is 212 g/mol. The van der Waals surface area contributed by atoms with E-state index in [0.717, 1.165) is 31.7 Å². The van der Waals surface area contributed by atoms with Crippen molar-refractivity contribution in [3.05, 3.63) is 29.3 Å². The van der Waals surface area contributed by atoms with Crippen LogP contribution in [0.25, 0.3) is 0 Å². The van der Waals surface area contributed by atoms with Gasteiger partial charge in [0.05, 0.1) is 13.2 Å². The lowest BCUT2D eigenvalue weighted by molar-refractivity contribution is 0.410. The van der Waals surface area contributed by atoms with Crippen LogP contribution in [0, 0.1) is 11.3 Å². The molecule has 0 fully saturated rings. The zero-order valence-electron chi connectivity index (χ0n) is 10.6. The summed E-state index contributed by atoms with van der Waals surface area (Å²) in [4.78, 5) is 0. The molecule has 0 atom stereocenters. The summed E-state index contributed by atoms with van der Waals surface area (Å²) in [7, 11) is 1.71. The standard InChI is InChI=1S/C14H20N2O/c1-3-13-11-12(5-6-14(13)17-2)7-10-16-9-4-8-15/h5-6,11,16H,3-4,7,9-10H2,1-2H3. The van der Waals surface area contributed by atoms with E-state index in [0.29, 0.717) is 6.42 Å². The first-order chi connectivity index (χ1) is 8.31. The second kappa shape index (κ2) is 7.70. The molecule has 0 aromatic heterocycles. The molecule has 3 nitrogen and oxygen atoms in total. The number of methoxy groups -OCH3 is 1. The molecule has 0 aliphatic rings. The largest absolute Gasteiger partial charge is 0.496 e. The van der Waals surface area contributed by atoms with Crippen molar-refractivity contribution < 1.29 is 4.74 Å². The maximum absolute atomic E-state index is 8.40. The number of hydrogen-bond acceptors (Lipinski definition) is 3. The van der Waals surface area contributed by atoms with Crippen LogP contribution in [0.1, 0.15) is 24.5 Å². The molecule has 1 N–H and O–H groups in total. The lowest BCUT2D eigenvalue weighted by Gasteiger charge is -2.09. The van der Waals surface area contributed by atoms with E-state index in [9.17, 15) is 0 Å². The highest BCUT2D eigenvalue weighted by Gasteiger charge is 2.02. The number of benzene rings is 1. The third-order valence-corrected chi connectivity index (χ3v) is 2.73. The van der Waals surface area contributed by atoms with Crippen LogP contribution in [0.2, 0.25) is 0 Å². The molecule has 0 spiro atoms. The Labute approximate surface area is 103 Å². The number of nitrogens with zero attached hydrogens (tertiary/aromatic N) is 1. The summed E-state index contributed by atoms with van der Waals surface area (Å²) in [6.07, 6.45) is 2.55. The highest BCUT2D eigenvalue weighted by atomic mass is 16.5. The molecule has 3 heteroatoms. The van der Waals surface area contributed by atoms with Crippen molar-refractivity contribution >= 4 is 0 Å². The second-order valence-corrected chi connectivity index (χ2v) is 3.91. The molecule has 0 bridgehead atoms. The molecular formula is C14H20N2O. The Morgan fingerprint density at radius 2 is 2.18 bits per heavy atom. The van der Waals surface area contributed by atoms with Crippen LogP contribution in [0.3, 0.4) is 0 Å². The SMILES string of the molecule is CCc1cc(CCNCCC#N)ccc1OC. The number of ether oxygens (including phenoxy) is 1. The molecule has 92 valence electrons. The molecule has 0 saturated heterocycles. The van der Waals surface area contributed by atoms with Gasteiger partial charge in [-0.2, -0.15) is 5.26 Å². The minimum Gasteiger partial charge on any atom is -0.496 e. The van der Waals surface area contributed by atoms with E-state index in [4.69, 9.17) is 10.00 Å². The van der Waals surface area contributed by atoms with Crippen molar-refractivity contribution in [1.29, 1.82) is 5.26 Å². The normalized spacial score (nSPS) is 9.94. The summed E-state index contributed by atoms with van der Waals surface area (Å²) in [6, 6.07) is 8.45. The molecule has 1 aromatic carbocycles. The Bertz CT molecular complexity index is 382. The fraction of sp³-hybridized carbons (Fsp3) is 0.500.